The molecule has 1 saturated carbocycles. The highest BCUT2D eigenvalue weighted by Crippen LogP contribution is 2.44. The number of hydrogen-bond acceptors (Lipinski definition) is 5. The first kappa shape index (κ1) is 13.3. The van der Waals surface area contributed by atoms with Gasteiger partial charge in [-0.1, -0.05) is 6.92 Å². The molecule has 1 fully saturated rings. The summed E-state index contributed by atoms with van der Waals surface area (Å²) in [6, 6.07) is 0. The lowest BCUT2D eigenvalue weighted by atomic mass is 10.1. The molecule has 0 radical (unpaired) electrons. The van der Waals surface area contributed by atoms with Crippen LogP contribution in [0.3, 0.4) is 0 Å². The van der Waals surface area contributed by atoms with Crippen molar-refractivity contribution in [2.24, 2.45) is 5.41 Å². The Balaban J connectivity index is 2.09. The van der Waals surface area contributed by atoms with Crippen LogP contribution in [0.4, 0.5) is 11.9 Å². The molecule has 0 bridgehead atoms. The third-order valence-electron chi connectivity index (χ3n) is 3.42. The Labute approximate surface area is 113 Å². The van der Waals surface area contributed by atoms with Crippen molar-refractivity contribution in [1.29, 1.82) is 0 Å². The van der Waals surface area contributed by atoms with Gasteiger partial charge in [-0.15, -0.1) is 0 Å². The SMILES string of the molecule is CCN(CC)c1nc(Cl)nc(NCC2(C)CC2)n1. The lowest BCUT2D eigenvalue weighted by molar-refractivity contribution is 0.607. The van der Waals surface area contributed by atoms with Crippen LogP contribution in [0.15, 0.2) is 0 Å². The zero-order chi connectivity index (χ0) is 13.2. The van der Waals surface area contributed by atoms with Gasteiger partial charge in [-0.05, 0) is 43.7 Å². The molecule has 0 amide bonds. The summed E-state index contributed by atoms with van der Waals surface area (Å²) in [5.41, 5.74) is 0.411. The Kier molecular flexibility index (Phi) is 3.90. The van der Waals surface area contributed by atoms with E-state index in [1.165, 1.54) is 12.8 Å². The molecule has 1 heterocycles. The van der Waals surface area contributed by atoms with Gasteiger partial charge in [0.25, 0.3) is 0 Å². The van der Waals surface area contributed by atoms with E-state index in [-0.39, 0.29) is 5.28 Å². The highest BCUT2D eigenvalue weighted by Gasteiger charge is 2.37. The van der Waals surface area contributed by atoms with Gasteiger partial charge in [0.15, 0.2) is 0 Å². The molecule has 1 N–H and O–H groups in total. The lowest BCUT2D eigenvalue weighted by Gasteiger charge is -2.19. The summed E-state index contributed by atoms with van der Waals surface area (Å²) in [4.78, 5) is 14.8. The maximum Gasteiger partial charge on any atom is 0.231 e. The van der Waals surface area contributed by atoms with Crippen LogP contribution in [-0.4, -0.2) is 34.6 Å². The third-order valence-corrected chi connectivity index (χ3v) is 3.59. The fourth-order valence-corrected chi connectivity index (χ4v) is 1.90. The normalized spacial score (nSPS) is 16.4. The van der Waals surface area contributed by atoms with E-state index in [2.05, 4.69) is 45.9 Å². The molecule has 0 unspecified atom stereocenters. The van der Waals surface area contributed by atoms with E-state index in [0.717, 1.165) is 19.6 Å². The maximum atomic E-state index is 5.94. The van der Waals surface area contributed by atoms with E-state index in [9.17, 15) is 0 Å². The first-order chi connectivity index (χ1) is 8.56. The van der Waals surface area contributed by atoms with Crippen LogP contribution in [0.25, 0.3) is 0 Å². The minimum atomic E-state index is 0.246. The Morgan fingerprint density at radius 3 is 2.44 bits per heavy atom. The molecule has 18 heavy (non-hydrogen) atoms. The second kappa shape index (κ2) is 5.26. The number of nitrogens with one attached hydrogen (secondary N) is 1. The average Bonchev–Trinajstić information content (AvgIpc) is 3.07. The Morgan fingerprint density at radius 2 is 1.89 bits per heavy atom. The number of hydrogen-bond donors (Lipinski definition) is 1. The summed E-state index contributed by atoms with van der Waals surface area (Å²) in [6.07, 6.45) is 2.53. The minimum Gasteiger partial charge on any atom is -0.353 e. The van der Waals surface area contributed by atoms with Crippen LogP contribution in [0.2, 0.25) is 5.28 Å². The molecule has 6 heteroatoms. The van der Waals surface area contributed by atoms with Gasteiger partial charge in [-0.3, -0.25) is 0 Å². The predicted molar refractivity (Wildman–Crippen MR) is 74.2 cm³/mol. The Bertz CT molecular complexity index is 415. The van der Waals surface area contributed by atoms with Crippen molar-refractivity contribution in [2.45, 2.75) is 33.6 Å². The van der Waals surface area contributed by atoms with Gasteiger partial charge in [0.05, 0.1) is 0 Å². The highest BCUT2D eigenvalue weighted by atomic mass is 35.5. The van der Waals surface area contributed by atoms with Crippen LogP contribution >= 0.6 is 11.6 Å². The zero-order valence-corrected chi connectivity index (χ0v) is 12.0. The van der Waals surface area contributed by atoms with E-state index < -0.39 is 0 Å². The second-order valence-corrected chi connectivity index (χ2v) is 5.40. The summed E-state index contributed by atoms with van der Waals surface area (Å²) in [6.45, 7) is 9.00. The van der Waals surface area contributed by atoms with E-state index in [1.807, 2.05) is 0 Å². The first-order valence-corrected chi connectivity index (χ1v) is 6.84. The topological polar surface area (TPSA) is 53.9 Å². The van der Waals surface area contributed by atoms with Crippen molar-refractivity contribution in [1.82, 2.24) is 15.0 Å². The van der Waals surface area contributed by atoms with Crippen LogP contribution < -0.4 is 10.2 Å². The summed E-state index contributed by atoms with van der Waals surface area (Å²) in [7, 11) is 0. The molecule has 0 spiro atoms. The van der Waals surface area contributed by atoms with Gasteiger partial charge in [0.2, 0.25) is 17.2 Å². The summed E-state index contributed by atoms with van der Waals surface area (Å²) in [5.74, 6) is 1.22. The van der Waals surface area contributed by atoms with Gasteiger partial charge in [0, 0.05) is 19.6 Å². The smallest absolute Gasteiger partial charge is 0.231 e. The first-order valence-electron chi connectivity index (χ1n) is 6.47. The van der Waals surface area contributed by atoms with Crippen LogP contribution in [0.5, 0.6) is 0 Å². The van der Waals surface area contributed by atoms with Crippen molar-refractivity contribution in [2.75, 3.05) is 29.9 Å². The minimum absolute atomic E-state index is 0.246. The zero-order valence-electron chi connectivity index (χ0n) is 11.2. The molecule has 2 rings (SSSR count). The van der Waals surface area contributed by atoms with E-state index >= 15 is 0 Å². The largest absolute Gasteiger partial charge is 0.353 e. The van der Waals surface area contributed by atoms with Crippen molar-refractivity contribution in [3.63, 3.8) is 0 Å². The molecule has 0 aromatic carbocycles. The number of rotatable bonds is 6. The number of aromatic nitrogens is 3. The molecule has 1 aliphatic carbocycles. The second-order valence-electron chi connectivity index (χ2n) is 5.06. The Morgan fingerprint density at radius 1 is 1.22 bits per heavy atom. The van der Waals surface area contributed by atoms with E-state index in [0.29, 0.717) is 17.3 Å². The van der Waals surface area contributed by atoms with Gasteiger partial charge >= 0.3 is 0 Å². The number of nitrogens with zero attached hydrogens (tertiary/aromatic N) is 4. The molecule has 1 aromatic rings. The van der Waals surface area contributed by atoms with Crippen LogP contribution in [0, 0.1) is 5.41 Å². The fourth-order valence-electron chi connectivity index (χ4n) is 1.75. The van der Waals surface area contributed by atoms with Gasteiger partial charge < -0.3 is 10.2 Å². The summed E-state index contributed by atoms with van der Waals surface area (Å²) in [5, 5.41) is 3.50. The molecule has 5 nitrogen and oxygen atoms in total. The van der Waals surface area contributed by atoms with Crippen molar-refractivity contribution >= 4 is 23.5 Å². The average molecular weight is 270 g/mol. The predicted octanol–water partition coefficient (Wildman–Crippen LogP) is 2.58. The molecule has 0 aliphatic heterocycles. The van der Waals surface area contributed by atoms with Gasteiger partial charge in [-0.25, -0.2) is 0 Å². The Hall–Kier alpha value is -1.10. The van der Waals surface area contributed by atoms with Crippen molar-refractivity contribution in [3.8, 4) is 0 Å². The molecule has 1 aromatic heterocycles. The maximum absolute atomic E-state index is 5.94. The molecule has 0 saturated heterocycles. The van der Waals surface area contributed by atoms with Crippen molar-refractivity contribution < 1.29 is 0 Å². The van der Waals surface area contributed by atoms with Gasteiger partial charge in [-0.2, -0.15) is 15.0 Å². The fraction of sp³-hybridized carbons (Fsp3) is 0.750. The highest BCUT2D eigenvalue weighted by molar-refractivity contribution is 6.28. The number of halogens is 1. The molecule has 0 atom stereocenters. The monoisotopic (exact) mass is 269 g/mol. The summed E-state index contributed by atoms with van der Waals surface area (Å²) < 4.78 is 0. The van der Waals surface area contributed by atoms with E-state index in [4.69, 9.17) is 11.6 Å². The number of anilines is 2. The van der Waals surface area contributed by atoms with Crippen molar-refractivity contribution in [3.05, 3.63) is 5.28 Å². The van der Waals surface area contributed by atoms with Gasteiger partial charge in [0.1, 0.15) is 0 Å². The van der Waals surface area contributed by atoms with Crippen LogP contribution in [0.1, 0.15) is 33.6 Å². The molecular weight excluding hydrogens is 250 g/mol. The quantitative estimate of drug-likeness (QED) is 0.860. The van der Waals surface area contributed by atoms with Crippen LogP contribution in [-0.2, 0) is 0 Å². The third kappa shape index (κ3) is 3.22. The molecule has 1 aliphatic rings. The van der Waals surface area contributed by atoms with E-state index in [1.54, 1.807) is 0 Å². The summed E-state index contributed by atoms with van der Waals surface area (Å²) >= 11 is 5.94. The molecular formula is C12H20ClN5. The standard InChI is InChI=1S/C12H20ClN5/c1-4-18(5-2)11-16-9(13)15-10(17-11)14-8-12(3)6-7-12/h4-8H2,1-3H3,(H,14,15,16,17). The lowest BCUT2D eigenvalue weighted by Crippen LogP contribution is -2.25. The molecule has 100 valence electrons.